The molecule has 0 radical (unpaired) electrons. The fourth-order valence-electron chi connectivity index (χ4n) is 4.07. The Bertz CT molecular complexity index is 1120. The number of ether oxygens (including phenoxy) is 2. The zero-order valence-corrected chi connectivity index (χ0v) is 19.4. The van der Waals surface area contributed by atoms with Crippen LogP contribution in [0.25, 0.3) is 6.08 Å². The summed E-state index contributed by atoms with van der Waals surface area (Å²) < 4.78 is 12.1. The third kappa shape index (κ3) is 5.05. The molecule has 0 saturated carbocycles. The second kappa shape index (κ2) is 10.5. The first-order valence-electron chi connectivity index (χ1n) is 11.1. The second-order valence-corrected chi connectivity index (χ2v) is 8.28. The van der Waals surface area contributed by atoms with E-state index in [1.54, 1.807) is 7.11 Å². The summed E-state index contributed by atoms with van der Waals surface area (Å²) in [7, 11) is 1.70. The van der Waals surface area contributed by atoms with Gasteiger partial charge in [-0.1, -0.05) is 73.5 Å². The fraction of sp³-hybridized carbons (Fsp3) is 0.250. The van der Waals surface area contributed by atoms with E-state index in [1.165, 1.54) is 11.1 Å². The number of rotatable bonds is 8. The van der Waals surface area contributed by atoms with Crippen LogP contribution in [0.1, 0.15) is 41.2 Å². The molecule has 1 aliphatic rings. The van der Waals surface area contributed by atoms with E-state index in [-0.39, 0.29) is 0 Å². The van der Waals surface area contributed by atoms with E-state index in [1.807, 2.05) is 42.5 Å². The topological polar surface area (TPSA) is 30.8 Å². The van der Waals surface area contributed by atoms with Gasteiger partial charge in [-0.3, -0.25) is 4.99 Å². The Morgan fingerprint density at radius 3 is 2.53 bits per heavy atom. The van der Waals surface area contributed by atoms with Crippen LogP contribution in [0.2, 0.25) is 5.02 Å². The first-order valence-corrected chi connectivity index (χ1v) is 11.4. The van der Waals surface area contributed by atoms with Gasteiger partial charge in [-0.15, -0.1) is 0 Å². The smallest absolute Gasteiger partial charge is 0.165 e. The van der Waals surface area contributed by atoms with Crippen LogP contribution in [0.15, 0.2) is 71.7 Å². The molecule has 0 N–H and O–H groups in total. The number of methoxy groups -OCH3 is 1. The summed E-state index contributed by atoms with van der Waals surface area (Å²) in [4.78, 5) is 4.81. The standard InChI is InChI=1S/C28H28ClNO2/c1-3-7-24-23-16-17-30-26(15-12-20-10-13-22(29)14-11-20)25(23)18-27(31-2)28(24)32-19-21-8-5-4-6-9-21/h4-6,8-15,18H,3,7,16-17,19H2,1-2H3/b15-12+. The lowest BCUT2D eigenvalue weighted by molar-refractivity contribution is 0.280. The molecule has 3 aromatic rings. The van der Waals surface area contributed by atoms with E-state index >= 15 is 0 Å². The molecule has 4 heteroatoms. The molecule has 0 bridgehead atoms. The predicted octanol–water partition coefficient (Wildman–Crippen LogP) is 6.94. The fourth-order valence-corrected chi connectivity index (χ4v) is 4.19. The van der Waals surface area contributed by atoms with Crippen LogP contribution < -0.4 is 9.47 Å². The number of hydrogen-bond donors (Lipinski definition) is 0. The minimum atomic E-state index is 0.518. The maximum absolute atomic E-state index is 6.34. The highest BCUT2D eigenvalue weighted by molar-refractivity contribution is 6.30. The summed E-state index contributed by atoms with van der Waals surface area (Å²) in [5, 5.41) is 0.736. The Hall–Kier alpha value is -3.04. The normalized spacial score (nSPS) is 13.0. The lowest BCUT2D eigenvalue weighted by atomic mass is 9.89. The highest BCUT2D eigenvalue weighted by Crippen LogP contribution is 2.39. The summed E-state index contributed by atoms with van der Waals surface area (Å²) in [5.41, 5.74) is 6.91. The maximum Gasteiger partial charge on any atom is 0.165 e. The molecule has 0 spiro atoms. The van der Waals surface area contributed by atoms with Crippen LogP contribution in [0, 0.1) is 0 Å². The average Bonchev–Trinajstić information content (AvgIpc) is 2.83. The van der Waals surface area contributed by atoms with Gasteiger partial charge in [0.25, 0.3) is 0 Å². The third-order valence-electron chi connectivity index (χ3n) is 5.63. The Balaban J connectivity index is 1.69. The molecule has 0 aromatic heterocycles. The molecule has 0 saturated heterocycles. The van der Waals surface area contributed by atoms with Crippen molar-refractivity contribution in [2.45, 2.75) is 32.8 Å². The van der Waals surface area contributed by atoms with Crippen LogP contribution >= 0.6 is 11.6 Å². The van der Waals surface area contributed by atoms with Gasteiger partial charge >= 0.3 is 0 Å². The van der Waals surface area contributed by atoms with Crippen LogP contribution in [-0.2, 0) is 19.4 Å². The van der Waals surface area contributed by atoms with Gasteiger partial charge in [0, 0.05) is 22.7 Å². The molecule has 0 amide bonds. The first-order chi connectivity index (χ1) is 15.7. The van der Waals surface area contributed by atoms with Crippen molar-refractivity contribution in [3.8, 4) is 11.5 Å². The zero-order valence-electron chi connectivity index (χ0n) is 18.6. The lowest BCUT2D eigenvalue weighted by Crippen LogP contribution is -2.15. The van der Waals surface area contributed by atoms with Crippen molar-refractivity contribution in [1.82, 2.24) is 0 Å². The largest absolute Gasteiger partial charge is 0.493 e. The zero-order chi connectivity index (χ0) is 22.3. The molecule has 0 aliphatic carbocycles. The van der Waals surface area contributed by atoms with E-state index in [4.69, 9.17) is 26.1 Å². The number of hydrogen-bond acceptors (Lipinski definition) is 3. The second-order valence-electron chi connectivity index (χ2n) is 7.84. The van der Waals surface area contributed by atoms with Crippen molar-refractivity contribution >= 4 is 23.4 Å². The number of nitrogens with zero attached hydrogens (tertiary/aromatic N) is 1. The van der Waals surface area contributed by atoms with Gasteiger partial charge in [0.1, 0.15) is 6.61 Å². The van der Waals surface area contributed by atoms with E-state index in [2.05, 4.69) is 37.3 Å². The molecule has 1 heterocycles. The van der Waals surface area contributed by atoms with Crippen LogP contribution in [0.4, 0.5) is 0 Å². The van der Waals surface area contributed by atoms with Crippen LogP contribution in [-0.4, -0.2) is 19.4 Å². The van der Waals surface area contributed by atoms with E-state index < -0.39 is 0 Å². The van der Waals surface area contributed by atoms with Crippen LogP contribution in [0.3, 0.4) is 0 Å². The molecule has 1 aliphatic heterocycles. The molecule has 3 aromatic carbocycles. The number of benzene rings is 3. The van der Waals surface area contributed by atoms with Crippen molar-refractivity contribution in [3.63, 3.8) is 0 Å². The van der Waals surface area contributed by atoms with Gasteiger partial charge in [-0.25, -0.2) is 0 Å². The van der Waals surface area contributed by atoms with E-state index in [0.29, 0.717) is 6.61 Å². The van der Waals surface area contributed by atoms with Crippen LogP contribution in [0.5, 0.6) is 11.5 Å². The van der Waals surface area contributed by atoms with Crippen molar-refractivity contribution in [2.24, 2.45) is 4.99 Å². The number of allylic oxidation sites excluding steroid dienone is 1. The molecule has 164 valence electrons. The summed E-state index contributed by atoms with van der Waals surface area (Å²) in [6.45, 7) is 3.49. The molecule has 0 fully saturated rings. The Morgan fingerprint density at radius 2 is 1.81 bits per heavy atom. The minimum Gasteiger partial charge on any atom is -0.493 e. The molecular weight excluding hydrogens is 418 g/mol. The molecular formula is C28H28ClNO2. The van der Waals surface area contributed by atoms with Gasteiger partial charge in [-0.05, 0) is 53.8 Å². The number of aliphatic imine (C=N–C) groups is 1. The Labute approximate surface area is 195 Å². The van der Waals surface area contributed by atoms with E-state index in [9.17, 15) is 0 Å². The molecule has 0 unspecified atom stereocenters. The summed E-state index contributed by atoms with van der Waals surface area (Å²) in [6.07, 6.45) is 7.05. The number of fused-ring (bicyclic) bond motifs is 1. The number of halogens is 1. The van der Waals surface area contributed by atoms with Crippen molar-refractivity contribution in [2.75, 3.05) is 13.7 Å². The average molecular weight is 446 g/mol. The maximum atomic E-state index is 6.34. The SMILES string of the molecule is CCCc1c2c(cc(OC)c1OCc1ccccc1)C(/C=C/c1ccc(Cl)cc1)=NCC2. The Kier molecular flexibility index (Phi) is 7.28. The Morgan fingerprint density at radius 1 is 1.03 bits per heavy atom. The quantitative estimate of drug-likeness (QED) is 0.376. The van der Waals surface area contributed by atoms with Crippen molar-refractivity contribution < 1.29 is 9.47 Å². The van der Waals surface area contributed by atoms with Gasteiger partial charge in [0.2, 0.25) is 0 Å². The molecule has 0 atom stereocenters. The summed E-state index contributed by atoms with van der Waals surface area (Å²) >= 11 is 6.01. The third-order valence-corrected chi connectivity index (χ3v) is 5.88. The van der Waals surface area contributed by atoms with E-state index in [0.717, 1.165) is 64.7 Å². The highest BCUT2D eigenvalue weighted by Gasteiger charge is 2.23. The summed E-state index contributed by atoms with van der Waals surface area (Å²) in [6, 6.07) is 20.1. The van der Waals surface area contributed by atoms with Gasteiger partial charge in [0.05, 0.1) is 12.8 Å². The van der Waals surface area contributed by atoms with Gasteiger partial charge in [-0.2, -0.15) is 0 Å². The minimum absolute atomic E-state index is 0.518. The molecule has 32 heavy (non-hydrogen) atoms. The van der Waals surface area contributed by atoms with Crippen molar-refractivity contribution in [1.29, 1.82) is 0 Å². The molecule has 3 nitrogen and oxygen atoms in total. The lowest BCUT2D eigenvalue weighted by Gasteiger charge is -2.24. The first kappa shape index (κ1) is 22.2. The summed E-state index contributed by atoms with van der Waals surface area (Å²) in [5.74, 6) is 1.62. The molecule has 4 rings (SSSR count). The predicted molar refractivity (Wildman–Crippen MR) is 133 cm³/mol. The monoisotopic (exact) mass is 445 g/mol. The van der Waals surface area contributed by atoms with Gasteiger partial charge in [0.15, 0.2) is 11.5 Å². The highest BCUT2D eigenvalue weighted by atomic mass is 35.5. The van der Waals surface area contributed by atoms with Crippen molar-refractivity contribution in [3.05, 3.63) is 99.6 Å². The van der Waals surface area contributed by atoms with Gasteiger partial charge < -0.3 is 9.47 Å².